The van der Waals surface area contributed by atoms with E-state index < -0.39 is 21.6 Å². The first kappa shape index (κ1) is 33.3. The van der Waals surface area contributed by atoms with Crippen molar-refractivity contribution in [2.24, 2.45) is 16.2 Å². The molecule has 4 nitrogen and oxygen atoms in total. The predicted molar refractivity (Wildman–Crippen MR) is 190 cm³/mol. The number of thiocarbonyl (C=S) groups is 2. The summed E-state index contributed by atoms with van der Waals surface area (Å²) in [6.45, 7) is 9.65. The topological polar surface area (TPSA) is 51.1 Å². The van der Waals surface area contributed by atoms with Gasteiger partial charge in [-0.25, -0.2) is 0 Å². The standard InChI is InChI=1S/C28H40N2O2S8/c1-26(2,17-28-6-10-38-21(28)16-22(33)29-25(28)36)7-11-39(31)13-14-40(32)12-8-27(3,4)18-30-23(34)15-20-19(24(30)35)5-9-37-20/h15-16,35H,5-14,17-18H2,1-4H3,(H,29,33,36). The van der Waals surface area contributed by atoms with Crippen LogP contribution in [0.3, 0.4) is 0 Å². The van der Waals surface area contributed by atoms with Gasteiger partial charge in [0.2, 0.25) is 0 Å². The van der Waals surface area contributed by atoms with Gasteiger partial charge in [0, 0.05) is 66.7 Å². The Morgan fingerprint density at radius 1 is 1.00 bits per heavy atom. The molecule has 0 spiro atoms. The highest BCUT2D eigenvalue weighted by Gasteiger charge is 2.48. The van der Waals surface area contributed by atoms with Gasteiger partial charge in [-0.2, -0.15) is 0 Å². The van der Waals surface area contributed by atoms with E-state index in [9.17, 15) is 8.42 Å². The molecule has 0 amide bonds. The van der Waals surface area contributed by atoms with Crippen molar-refractivity contribution >= 4 is 104 Å². The number of nitrogens with one attached hydrogen (secondary N) is 1. The van der Waals surface area contributed by atoms with Crippen molar-refractivity contribution in [2.75, 3.05) is 34.5 Å². The van der Waals surface area contributed by atoms with E-state index in [4.69, 9.17) is 49.3 Å². The number of hydrogen-bond acceptors (Lipinski definition) is 8. The van der Waals surface area contributed by atoms with Gasteiger partial charge in [0.25, 0.3) is 0 Å². The quantitative estimate of drug-likeness (QED) is 0.167. The molecule has 0 radical (unpaired) electrons. The maximum absolute atomic E-state index is 12.9. The number of hydrogen-bond donors (Lipinski definition) is 2. The van der Waals surface area contributed by atoms with Crippen LogP contribution >= 0.6 is 72.8 Å². The first-order valence-electron chi connectivity index (χ1n) is 13.7. The van der Waals surface area contributed by atoms with Crippen molar-refractivity contribution in [2.45, 2.75) is 76.3 Å². The zero-order chi connectivity index (χ0) is 29.3. The highest BCUT2D eigenvalue weighted by molar-refractivity contribution is 8.03. The molecular weight excluding hydrogens is 653 g/mol. The van der Waals surface area contributed by atoms with Gasteiger partial charge in [0.05, 0.1) is 15.4 Å². The Kier molecular flexibility index (Phi) is 11.3. The molecule has 12 heteroatoms. The van der Waals surface area contributed by atoms with Crippen molar-refractivity contribution < 1.29 is 8.42 Å². The zero-order valence-electron chi connectivity index (χ0n) is 23.7. The average Bonchev–Trinajstić information content (AvgIpc) is 3.50. The lowest BCUT2D eigenvalue weighted by Gasteiger charge is -2.40. The second-order valence-electron chi connectivity index (χ2n) is 12.5. The van der Waals surface area contributed by atoms with Crippen LogP contribution in [-0.2, 0) is 34.6 Å². The summed E-state index contributed by atoms with van der Waals surface area (Å²) in [6.07, 6.45) is 6.71. The molecule has 1 fully saturated rings. The Bertz CT molecular complexity index is 1320. The first-order valence-corrected chi connectivity index (χ1v) is 20.3. The van der Waals surface area contributed by atoms with Gasteiger partial charge < -0.3 is 9.88 Å². The number of pyridine rings is 1. The molecule has 3 aliphatic rings. The van der Waals surface area contributed by atoms with E-state index in [-0.39, 0.29) is 16.2 Å². The summed E-state index contributed by atoms with van der Waals surface area (Å²) in [4.78, 5) is 4.10. The van der Waals surface area contributed by atoms with E-state index in [1.807, 2.05) is 23.5 Å². The highest BCUT2D eigenvalue weighted by Crippen LogP contribution is 2.55. The number of nitrogens with zero attached hydrogens (tertiary/aromatic N) is 1. The smallest absolute Gasteiger partial charge is 0.107 e. The molecule has 0 aliphatic carbocycles. The number of aromatic nitrogens is 1. The molecule has 3 aliphatic heterocycles. The Morgan fingerprint density at radius 2 is 1.65 bits per heavy atom. The summed E-state index contributed by atoms with van der Waals surface area (Å²) in [7, 11) is -1.99. The van der Waals surface area contributed by atoms with E-state index in [1.165, 1.54) is 15.4 Å². The average molecular weight is 693 g/mol. The van der Waals surface area contributed by atoms with Gasteiger partial charge >= 0.3 is 0 Å². The second-order valence-corrected chi connectivity index (χ2v) is 19.9. The van der Waals surface area contributed by atoms with Crippen molar-refractivity contribution in [1.29, 1.82) is 0 Å². The zero-order valence-corrected chi connectivity index (χ0v) is 30.3. The third-order valence-corrected chi connectivity index (χ3v) is 14.8. The Labute approximate surface area is 274 Å². The lowest BCUT2D eigenvalue weighted by molar-refractivity contribution is 0.248. The maximum Gasteiger partial charge on any atom is 0.107 e. The Balaban J connectivity index is 1.22. The van der Waals surface area contributed by atoms with Crippen molar-refractivity contribution in [3.05, 3.63) is 27.3 Å². The monoisotopic (exact) mass is 692 g/mol. The number of rotatable bonds is 13. The minimum atomic E-state index is -0.997. The van der Waals surface area contributed by atoms with E-state index in [0.717, 1.165) is 64.8 Å². The van der Waals surface area contributed by atoms with Crippen LogP contribution in [0.2, 0.25) is 0 Å². The molecule has 3 atom stereocenters. The van der Waals surface area contributed by atoms with Crippen LogP contribution in [-0.4, -0.2) is 57.5 Å². The molecule has 222 valence electrons. The summed E-state index contributed by atoms with van der Waals surface area (Å²) in [5.74, 6) is 4.33. The number of fused-ring (bicyclic) bond motifs is 2. The van der Waals surface area contributed by atoms with Crippen molar-refractivity contribution in [3.63, 3.8) is 0 Å². The maximum atomic E-state index is 12.9. The lowest BCUT2D eigenvalue weighted by Crippen LogP contribution is -2.46. The van der Waals surface area contributed by atoms with Crippen LogP contribution in [0, 0.1) is 20.9 Å². The second kappa shape index (κ2) is 13.6. The molecule has 40 heavy (non-hydrogen) atoms. The fraction of sp³-hybridized carbons (Fsp3) is 0.679. The summed E-state index contributed by atoms with van der Waals surface area (Å²) in [6, 6.07) is 2.10. The van der Waals surface area contributed by atoms with E-state index >= 15 is 0 Å². The van der Waals surface area contributed by atoms with Crippen LogP contribution in [0.25, 0.3) is 0 Å². The number of thioether (sulfide) groups is 2. The molecule has 0 saturated carbocycles. The molecule has 1 saturated heterocycles. The first-order chi connectivity index (χ1) is 18.7. The molecular formula is C28H40N2O2S8. The van der Waals surface area contributed by atoms with Gasteiger partial charge in [-0.05, 0) is 66.4 Å². The van der Waals surface area contributed by atoms with Crippen LogP contribution in [0.15, 0.2) is 27.0 Å². The molecule has 4 rings (SSSR count). The molecule has 0 bridgehead atoms. The van der Waals surface area contributed by atoms with Gasteiger partial charge in [-0.1, -0.05) is 64.3 Å². The minimum Gasteiger partial charge on any atom is -0.340 e. The van der Waals surface area contributed by atoms with E-state index in [0.29, 0.717) is 28.0 Å². The number of thiol groups is 1. The molecule has 4 heterocycles. The summed E-state index contributed by atoms with van der Waals surface area (Å²) in [5, 5.41) is 4.21. The van der Waals surface area contributed by atoms with E-state index in [1.54, 1.807) is 0 Å². The van der Waals surface area contributed by atoms with Crippen molar-refractivity contribution in [3.8, 4) is 0 Å². The third-order valence-electron chi connectivity index (χ3n) is 8.06. The molecule has 1 aromatic rings. The van der Waals surface area contributed by atoms with Crippen molar-refractivity contribution in [1.82, 2.24) is 9.88 Å². The highest BCUT2D eigenvalue weighted by atomic mass is 32.2. The van der Waals surface area contributed by atoms with Gasteiger partial charge in [-0.3, -0.25) is 8.42 Å². The lowest BCUT2D eigenvalue weighted by atomic mass is 9.69. The fourth-order valence-corrected chi connectivity index (χ4v) is 13.4. The molecule has 3 unspecified atom stereocenters. The molecule has 1 aromatic heterocycles. The Morgan fingerprint density at radius 3 is 2.33 bits per heavy atom. The fourth-order valence-electron chi connectivity index (χ4n) is 5.66. The van der Waals surface area contributed by atoms with Gasteiger partial charge in [-0.15, -0.1) is 36.2 Å². The largest absolute Gasteiger partial charge is 0.340 e. The van der Waals surface area contributed by atoms with E-state index in [2.05, 4.69) is 49.7 Å². The van der Waals surface area contributed by atoms with Crippen LogP contribution in [0.4, 0.5) is 0 Å². The third kappa shape index (κ3) is 8.12. The van der Waals surface area contributed by atoms with Gasteiger partial charge in [0.15, 0.2) is 0 Å². The summed E-state index contributed by atoms with van der Waals surface area (Å²) >= 11 is 25.3. The molecule has 0 aromatic carbocycles. The van der Waals surface area contributed by atoms with Gasteiger partial charge in [0.1, 0.15) is 9.63 Å². The summed E-state index contributed by atoms with van der Waals surface area (Å²) < 4.78 is 28.7. The molecule has 1 N–H and O–H groups in total. The predicted octanol–water partition coefficient (Wildman–Crippen LogP) is 7.14. The normalized spacial score (nSPS) is 22.5. The Hall–Kier alpha value is 0.440. The minimum absolute atomic E-state index is 0.0170. The SMILES string of the molecule is CC(C)(CCS(=O)CCS(=O)CCC(C)(C)CC12CCSC1=CC(=S)NC2=S)Cn1c(S)c2c(cc1=S)SCC2. The van der Waals surface area contributed by atoms with Crippen LogP contribution in [0.1, 0.15) is 58.9 Å². The summed E-state index contributed by atoms with van der Waals surface area (Å²) in [5.41, 5.74) is 1.07. The van der Waals surface area contributed by atoms with Crippen LogP contribution < -0.4 is 5.32 Å². The van der Waals surface area contributed by atoms with Crippen LogP contribution in [0.5, 0.6) is 0 Å².